The van der Waals surface area contributed by atoms with E-state index in [1.165, 1.54) is 12.8 Å². The lowest BCUT2D eigenvalue weighted by Crippen LogP contribution is -2.45. The quantitative estimate of drug-likeness (QED) is 0.579. The molecule has 1 heterocycles. The summed E-state index contributed by atoms with van der Waals surface area (Å²) in [4.78, 5) is 27.0. The number of ether oxygens (including phenoxy) is 1. The number of benzene rings is 1. The third-order valence-electron chi connectivity index (χ3n) is 5.89. The Morgan fingerprint density at radius 2 is 1.77 bits per heavy atom. The monoisotopic (exact) mass is 379 g/mol. The molecule has 7 heteroatoms. The van der Waals surface area contributed by atoms with Crippen LogP contribution in [0.2, 0.25) is 0 Å². The number of rotatable bonds is 5. The SMILES string of the molecule is CCOC(=O)C(c1ccccc1)N(C)[P+]1([O-])N(C)[C@H]2CCCC[C@@H]2N1C. The van der Waals surface area contributed by atoms with Crippen LogP contribution in [0.25, 0.3) is 0 Å². The zero-order valence-electron chi connectivity index (χ0n) is 16.2. The summed E-state index contributed by atoms with van der Waals surface area (Å²) in [5, 5.41) is 0. The average Bonchev–Trinajstić information content (AvgIpc) is 2.86. The van der Waals surface area contributed by atoms with Crippen LogP contribution in [0.1, 0.15) is 44.2 Å². The first kappa shape index (κ1) is 19.7. The largest absolute Gasteiger partial charge is 0.636 e. The molecule has 2 fully saturated rings. The molecule has 144 valence electrons. The Balaban J connectivity index is 1.97. The summed E-state index contributed by atoms with van der Waals surface area (Å²) in [6.07, 6.45) is 4.45. The minimum absolute atomic E-state index is 0.278. The molecule has 1 saturated heterocycles. The lowest BCUT2D eigenvalue weighted by Gasteiger charge is -2.45. The normalized spacial score (nSPS) is 27.3. The summed E-state index contributed by atoms with van der Waals surface area (Å²) in [5.74, 6) is -0.354. The molecular formula is C19H30N3O3P. The van der Waals surface area contributed by atoms with Gasteiger partial charge in [-0.15, -0.1) is 4.67 Å². The van der Waals surface area contributed by atoms with E-state index in [0.29, 0.717) is 6.61 Å². The molecule has 0 bridgehead atoms. The third kappa shape index (κ3) is 3.19. The Morgan fingerprint density at radius 3 is 2.27 bits per heavy atom. The van der Waals surface area contributed by atoms with Crippen molar-refractivity contribution >= 4 is 13.9 Å². The fraction of sp³-hybridized carbons (Fsp3) is 0.632. The summed E-state index contributed by atoms with van der Waals surface area (Å²) in [6, 6.07) is 9.37. The van der Waals surface area contributed by atoms with Crippen LogP contribution in [-0.2, 0) is 9.53 Å². The maximum Gasteiger partial charge on any atom is 0.331 e. The van der Waals surface area contributed by atoms with Gasteiger partial charge in [0.15, 0.2) is 14.0 Å². The van der Waals surface area contributed by atoms with Crippen LogP contribution in [0, 0.1) is 0 Å². The smallest absolute Gasteiger partial charge is 0.331 e. The van der Waals surface area contributed by atoms with Crippen LogP contribution in [0.4, 0.5) is 0 Å². The maximum atomic E-state index is 14.2. The van der Waals surface area contributed by atoms with Crippen molar-refractivity contribution < 1.29 is 14.4 Å². The lowest BCUT2D eigenvalue weighted by atomic mass is 9.91. The highest BCUT2D eigenvalue weighted by molar-refractivity contribution is 7.62. The van der Waals surface area contributed by atoms with Crippen molar-refractivity contribution in [1.29, 1.82) is 0 Å². The molecule has 2 aliphatic rings. The summed E-state index contributed by atoms with van der Waals surface area (Å²) >= 11 is 0. The number of hydrogen-bond acceptors (Lipinski definition) is 6. The zero-order chi connectivity index (χ0) is 18.9. The van der Waals surface area contributed by atoms with Crippen molar-refractivity contribution in [2.24, 2.45) is 0 Å². The lowest BCUT2D eigenvalue weighted by molar-refractivity contribution is -0.205. The van der Waals surface area contributed by atoms with Gasteiger partial charge in [0.05, 0.1) is 18.7 Å². The highest BCUT2D eigenvalue weighted by Gasteiger charge is 2.60. The Hall–Kier alpha value is -1.04. The highest BCUT2D eigenvalue weighted by atomic mass is 31.2. The van der Waals surface area contributed by atoms with Gasteiger partial charge in [-0.1, -0.05) is 43.2 Å². The fourth-order valence-corrected chi connectivity index (χ4v) is 7.70. The number of carbonyl (C=O) groups excluding carboxylic acids is 1. The molecule has 1 aromatic rings. The van der Waals surface area contributed by atoms with E-state index in [1.807, 2.05) is 53.8 Å². The van der Waals surface area contributed by atoms with E-state index in [4.69, 9.17) is 4.74 Å². The second kappa shape index (κ2) is 7.91. The molecule has 0 aromatic heterocycles. The number of hydrogen-bond donors (Lipinski definition) is 0. The Kier molecular flexibility index (Phi) is 6.00. The predicted molar refractivity (Wildman–Crippen MR) is 102 cm³/mol. The van der Waals surface area contributed by atoms with E-state index in [2.05, 4.69) is 0 Å². The van der Waals surface area contributed by atoms with E-state index in [9.17, 15) is 9.69 Å². The maximum absolute atomic E-state index is 14.2. The van der Waals surface area contributed by atoms with E-state index >= 15 is 0 Å². The van der Waals surface area contributed by atoms with Crippen molar-refractivity contribution in [2.75, 3.05) is 27.7 Å². The first-order valence-electron chi connectivity index (χ1n) is 9.44. The van der Waals surface area contributed by atoms with Gasteiger partial charge in [-0.2, -0.15) is 9.34 Å². The van der Waals surface area contributed by atoms with Crippen LogP contribution < -0.4 is 4.89 Å². The van der Waals surface area contributed by atoms with Gasteiger partial charge >= 0.3 is 5.97 Å². The summed E-state index contributed by atoms with van der Waals surface area (Å²) < 4.78 is 11.1. The molecule has 0 radical (unpaired) electrons. The van der Waals surface area contributed by atoms with Gasteiger partial charge in [0.25, 0.3) is 0 Å². The van der Waals surface area contributed by atoms with E-state index in [-0.39, 0.29) is 18.1 Å². The van der Waals surface area contributed by atoms with Crippen LogP contribution in [-0.4, -0.2) is 59.8 Å². The van der Waals surface area contributed by atoms with Gasteiger partial charge in [0.1, 0.15) is 0 Å². The first-order chi connectivity index (χ1) is 12.4. The van der Waals surface area contributed by atoms with Gasteiger partial charge in [-0.05, 0) is 25.3 Å². The van der Waals surface area contributed by atoms with Crippen molar-refractivity contribution in [3.05, 3.63) is 35.9 Å². The zero-order valence-corrected chi connectivity index (χ0v) is 17.1. The Morgan fingerprint density at radius 1 is 1.23 bits per heavy atom. The molecule has 0 N–H and O–H groups in total. The molecule has 1 saturated carbocycles. The highest BCUT2D eigenvalue weighted by Crippen LogP contribution is 2.68. The molecule has 6 nitrogen and oxygen atoms in total. The number of fused-ring (bicyclic) bond motifs is 1. The van der Waals surface area contributed by atoms with Gasteiger partial charge in [-0.3, -0.25) is 0 Å². The summed E-state index contributed by atoms with van der Waals surface area (Å²) in [6.45, 7) is 2.10. The molecule has 1 aliphatic carbocycles. The predicted octanol–water partition coefficient (Wildman–Crippen LogP) is 2.45. The van der Waals surface area contributed by atoms with Crippen LogP contribution >= 0.6 is 7.94 Å². The second-order valence-electron chi connectivity index (χ2n) is 7.22. The van der Waals surface area contributed by atoms with Gasteiger partial charge < -0.3 is 9.63 Å². The molecule has 1 aromatic carbocycles. The van der Waals surface area contributed by atoms with Gasteiger partial charge in [0, 0.05) is 21.1 Å². The topological polar surface area (TPSA) is 59.1 Å². The van der Waals surface area contributed by atoms with Gasteiger partial charge in [0.2, 0.25) is 0 Å². The molecule has 26 heavy (non-hydrogen) atoms. The Bertz CT molecular complexity index is 612. The average molecular weight is 379 g/mol. The number of esters is 1. The van der Waals surface area contributed by atoms with Crippen LogP contribution in [0.5, 0.6) is 0 Å². The first-order valence-corrected chi connectivity index (χ1v) is 11.0. The molecular weight excluding hydrogens is 349 g/mol. The van der Waals surface area contributed by atoms with Crippen molar-refractivity contribution in [1.82, 2.24) is 14.0 Å². The summed E-state index contributed by atoms with van der Waals surface area (Å²) in [5.41, 5.74) is 0.806. The Labute approximate surface area is 157 Å². The van der Waals surface area contributed by atoms with Crippen molar-refractivity contribution in [2.45, 2.75) is 50.7 Å². The standard InChI is InChI=1S/C19H30N3O3P/c1-5-25-19(23)18(15-11-7-6-8-12-15)22(4)26(24)20(2)16-13-9-10-14-17(16)21(26)3/h6-8,11-12,16-18H,5,9-10,13-14H2,1-4H3/t16-,17-,18?/m0/s1. The van der Waals surface area contributed by atoms with Gasteiger partial charge in [-0.25, -0.2) is 4.79 Å². The molecule has 3 rings (SSSR count). The van der Waals surface area contributed by atoms with Crippen LogP contribution in [0.3, 0.4) is 0 Å². The molecule has 1 aliphatic heterocycles. The van der Waals surface area contributed by atoms with E-state index in [1.54, 1.807) is 18.6 Å². The van der Waals surface area contributed by atoms with E-state index in [0.717, 1.165) is 18.4 Å². The fourth-order valence-electron chi connectivity index (χ4n) is 4.53. The van der Waals surface area contributed by atoms with Crippen LogP contribution in [0.15, 0.2) is 30.3 Å². The van der Waals surface area contributed by atoms with Crippen molar-refractivity contribution in [3.63, 3.8) is 0 Å². The van der Waals surface area contributed by atoms with Crippen molar-refractivity contribution in [3.8, 4) is 0 Å². The third-order valence-corrected chi connectivity index (χ3v) is 9.18. The molecule has 0 amide bonds. The minimum atomic E-state index is -3.05. The number of nitrogens with zero attached hydrogens (tertiary/aromatic N) is 3. The summed E-state index contributed by atoms with van der Waals surface area (Å²) in [7, 11) is 2.63. The second-order valence-corrected chi connectivity index (χ2v) is 10.1. The minimum Gasteiger partial charge on any atom is -0.636 e. The molecule has 3 atom stereocenters. The van der Waals surface area contributed by atoms with E-state index < -0.39 is 14.0 Å². The number of likely N-dealkylation sites (N-methyl/N-ethyl adjacent to an activating group) is 3. The molecule has 1 unspecified atom stereocenters. The molecule has 0 spiro atoms. The number of carbonyl (C=O) groups is 1.